The van der Waals surface area contributed by atoms with E-state index in [2.05, 4.69) is 19.1 Å². The number of aliphatic hydroxyl groups excluding tert-OH is 2. The van der Waals surface area contributed by atoms with Crippen molar-refractivity contribution in [3.8, 4) is 0 Å². The lowest BCUT2D eigenvalue weighted by molar-refractivity contribution is 0.302. The van der Waals surface area contributed by atoms with Crippen LogP contribution in [-0.2, 0) is 0 Å². The van der Waals surface area contributed by atoms with Gasteiger partial charge in [-0.25, -0.2) is 0 Å². The molecular weight excluding hydrogens is 176 g/mol. The lowest BCUT2D eigenvalue weighted by atomic mass is 10.1. The average molecular weight is 202 g/mol. The summed E-state index contributed by atoms with van der Waals surface area (Å²) >= 11 is 0. The molecule has 0 atom stereocenters. The van der Waals surface area contributed by atoms with Crippen LogP contribution < -0.4 is 0 Å². The molecule has 2 nitrogen and oxygen atoms in total. The van der Waals surface area contributed by atoms with Gasteiger partial charge in [-0.05, 0) is 26.2 Å². The highest BCUT2D eigenvalue weighted by atomic mass is 16.3. The highest BCUT2D eigenvalue weighted by Gasteiger charge is 1.83. The molecule has 0 spiro atoms. The average Bonchev–Trinajstić information content (AvgIpc) is 2.18. The molecule has 0 bridgehead atoms. The van der Waals surface area contributed by atoms with Gasteiger partial charge in [0.05, 0.1) is 0 Å². The molecular formula is C12H26O2. The third-order valence-corrected chi connectivity index (χ3v) is 1.69. The number of hydrogen-bond acceptors (Lipinski definition) is 2. The van der Waals surface area contributed by atoms with E-state index in [9.17, 15) is 0 Å². The van der Waals surface area contributed by atoms with Gasteiger partial charge in [0.25, 0.3) is 0 Å². The van der Waals surface area contributed by atoms with Crippen LogP contribution in [0.5, 0.6) is 0 Å². The fourth-order valence-corrected chi connectivity index (χ4v) is 0.999. The number of rotatable bonds is 7. The summed E-state index contributed by atoms with van der Waals surface area (Å²) in [6.07, 6.45) is 11.5. The summed E-state index contributed by atoms with van der Waals surface area (Å²) in [7, 11) is 0. The molecule has 0 aromatic heterocycles. The van der Waals surface area contributed by atoms with E-state index < -0.39 is 0 Å². The smallest absolute Gasteiger partial charge is 0.0465 e. The Bertz CT molecular complexity index is 100. The topological polar surface area (TPSA) is 40.5 Å². The standard InChI is InChI=1S/C10H20O.C2H6O/c1-2-3-4-5-6-7-8-9-10-11;1-2-3/h7-8,11H,2-6,9-10H2,1H3;3H,2H2,1H3/b8-7-;. The molecule has 0 fully saturated rings. The van der Waals surface area contributed by atoms with Gasteiger partial charge in [-0.3, -0.25) is 0 Å². The van der Waals surface area contributed by atoms with E-state index in [1.54, 1.807) is 6.92 Å². The van der Waals surface area contributed by atoms with E-state index >= 15 is 0 Å². The van der Waals surface area contributed by atoms with E-state index in [1.807, 2.05) is 0 Å². The molecule has 0 radical (unpaired) electrons. The summed E-state index contributed by atoms with van der Waals surface area (Å²) in [5.74, 6) is 0. The Morgan fingerprint density at radius 2 is 1.43 bits per heavy atom. The van der Waals surface area contributed by atoms with Crippen LogP contribution in [0.15, 0.2) is 12.2 Å². The van der Waals surface area contributed by atoms with Crippen LogP contribution in [0, 0.1) is 0 Å². The minimum absolute atomic E-state index is 0.250. The van der Waals surface area contributed by atoms with Crippen molar-refractivity contribution >= 4 is 0 Å². The van der Waals surface area contributed by atoms with E-state index in [1.165, 1.54) is 32.1 Å². The Morgan fingerprint density at radius 3 is 1.93 bits per heavy atom. The van der Waals surface area contributed by atoms with Crippen molar-refractivity contribution < 1.29 is 10.2 Å². The first-order chi connectivity index (χ1) is 6.83. The van der Waals surface area contributed by atoms with Crippen molar-refractivity contribution in [2.75, 3.05) is 13.2 Å². The zero-order valence-corrected chi connectivity index (χ0v) is 9.71. The quantitative estimate of drug-likeness (QED) is 0.492. The van der Waals surface area contributed by atoms with Gasteiger partial charge in [0, 0.05) is 13.2 Å². The Morgan fingerprint density at radius 1 is 0.857 bits per heavy atom. The first-order valence-electron chi connectivity index (χ1n) is 5.70. The molecule has 0 heterocycles. The maximum atomic E-state index is 8.46. The maximum Gasteiger partial charge on any atom is 0.0465 e. The van der Waals surface area contributed by atoms with E-state index in [4.69, 9.17) is 10.2 Å². The Balaban J connectivity index is 0. The molecule has 0 saturated carbocycles. The highest BCUT2D eigenvalue weighted by Crippen LogP contribution is 2.02. The second kappa shape index (κ2) is 18.4. The fourth-order valence-electron chi connectivity index (χ4n) is 0.999. The predicted molar refractivity (Wildman–Crippen MR) is 62.4 cm³/mol. The van der Waals surface area contributed by atoms with Gasteiger partial charge in [-0.2, -0.15) is 0 Å². The normalized spacial score (nSPS) is 10.0. The molecule has 0 rings (SSSR count). The van der Waals surface area contributed by atoms with Crippen LogP contribution in [0.25, 0.3) is 0 Å². The van der Waals surface area contributed by atoms with Gasteiger partial charge >= 0.3 is 0 Å². The van der Waals surface area contributed by atoms with Crippen molar-refractivity contribution in [2.24, 2.45) is 0 Å². The molecule has 0 aliphatic rings. The summed E-state index contributed by atoms with van der Waals surface area (Å²) in [5, 5.41) is 16.0. The SMILES string of the molecule is CCCCCC/C=C\CCO.CCO. The van der Waals surface area contributed by atoms with Gasteiger partial charge in [0.2, 0.25) is 0 Å². The van der Waals surface area contributed by atoms with Crippen molar-refractivity contribution in [1.82, 2.24) is 0 Å². The maximum absolute atomic E-state index is 8.46. The molecule has 0 saturated heterocycles. The van der Waals surface area contributed by atoms with Crippen molar-refractivity contribution in [1.29, 1.82) is 0 Å². The first kappa shape index (κ1) is 16.1. The Hall–Kier alpha value is -0.340. The van der Waals surface area contributed by atoms with Crippen LogP contribution in [0.1, 0.15) is 52.4 Å². The van der Waals surface area contributed by atoms with E-state index in [0.717, 1.165) is 6.42 Å². The molecule has 0 aromatic rings. The van der Waals surface area contributed by atoms with Gasteiger partial charge < -0.3 is 10.2 Å². The molecule has 2 heteroatoms. The van der Waals surface area contributed by atoms with E-state index in [0.29, 0.717) is 0 Å². The summed E-state index contributed by atoms with van der Waals surface area (Å²) in [6.45, 7) is 4.44. The molecule has 14 heavy (non-hydrogen) atoms. The number of unbranched alkanes of at least 4 members (excludes halogenated alkanes) is 4. The third-order valence-electron chi connectivity index (χ3n) is 1.69. The van der Waals surface area contributed by atoms with Crippen LogP contribution >= 0.6 is 0 Å². The minimum atomic E-state index is 0.250. The zero-order chi connectivity index (χ0) is 11.1. The largest absolute Gasteiger partial charge is 0.397 e. The lowest BCUT2D eigenvalue weighted by Gasteiger charge is -1.93. The van der Waals surface area contributed by atoms with E-state index in [-0.39, 0.29) is 13.2 Å². The van der Waals surface area contributed by atoms with Crippen molar-refractivity contribution in [3.05, 3.63) is 12.2 Å². The second-order valence-corrected chi connectivity index (χ2v) is 3.15. The van der Waals surface area contributed by atoms with Crippen molar-refractivity contribution in [2.45, 2.75) is 52.4 Å². The summed E-state index contributed by atoms with van der Waals surface area (Å²) in [4.78, 5) is 0. The monoisotopic (exact) mass is 202 g/mol. The summed E-state index contributed by atoms with van der Waals surface area (Å²) in [6, 6.07) is 0. The predicted octanol–water partition coefficient (Wildman–Crippen LogP) is 2.89. The Kier molecular flexibility index (Phi) is 21.2. The lowest BCUT2D eigenvalue weighted by Crippen LogP contribution is -1.76. The molecule has 0 aromatic carbocycles. The summed E-state index contributed by atoms with van der Waals surface area (Å²) in [5.41, 5.74) is 0. The number of aliphatic hydroxyl groups is 2. The number of hydrogen-bond donors (Lipinski definition) is 2. The van der Waals surface area contributed by atoms with Crippen LogP contribution in [0.2, 0.25) is 0 Å². The van der Waals surface area contributed by atoms with Crippen molar-refractivity contribution in [3.63, 3.8) is 0 Å². The Labute approximate surface area is 88.7 Å². The highest BCUT2D eigenvalue weighted by molar-refractivity contribution is 4.80. The molecule has 0 amide bonds. The van der Waals surface area contributed by atoms with Gasteiger partial charge in [0.1, 0.15) is 0 Å². The molecule has 86 valence electrons. The minimum Gasteiger partial charge on any atom is -0.397 e. The van der Waals surface area contributed by atoms with Gasteiger partial charge in [-0.15, -0.1) is 0 Å². The van der Waals surface area contributed by atoms with Gasteiger partial charge in [-0.1, -0.05) is 38.3 Å². The van der Waals surface area contributed by atoms with Gasteiger partial charge in [0.15, 0.2) is 0 Å². The van der Waals surface area contributed by atoms with Crippen LogP contribution in [0.3, 0.4) is 0 Å². The molecule has 2 N–H and O–H groups in total. The molecule has 0 unspecified atom stereocenters. The second-order valence-electron chi connectivity index (χ2n) is 3.15. The van der Waals surface area contributed by atoms with Crippen LogP contribution in [-0.4, -0.2) is 23.4 Å². The molecule has 0 aliphatic heterocycles. The summed E-state index contributed by atoms with van der Waals surface area (Å²) < 4.78 is 0. The zero-order valence-electron chi connectivity index (χ0n) is 9.71. The first-order valence-corrected chi connectivity index (χ1v) is 5.70. The molecule has 0 aliphatic carbocycles. The van der Waals surface area contributed by atoms with Crippen LogP contribution in [0.4, 0.5) is 0 Å². The number of allylic oxidation sites excluding steroid dienone is 1. The fraction of sp³-hybridized carbons (Fsp3) is 0.833. The third kappa shape index (κ3) is 22.6.